The van der Waals surface area contributed by atoms with Crippen LogP contribution in [0.1, 0.15) is 5.56 Å². The van der Waals surface area contributed by atoms with E-state index < -0.39 is 9.84 Å². The lowest BCUT2D eigenvalue weighted by Gasteiger charge is -2.20. The van der Waals surface area contributed by atoms with Crippen LogP contribution in [0.3, 0.4) is 0 Å². The summed E-state index contributed by atoms with van der Waals surface area (Å²) in [6.45, 7) is 0.627. The fourth-order valence-corrected chi connectivity index (χ4v) is 5.22. The molecule has 4 aromatic rings. The quantitative estimate of drug-likeness (QED) is 0.344. The highest BCUT2D eigenvalue weighted by molar-refractivity contribution is 7.98. The average molecular weight is 451 g/mol. The van der Waals surface area contributed by atoms with Crippen LogP contribution in [0.2, 0.25) is 0 Å². The number of hydrogen-bond acceptors (Lipinski definition) is 7. The van der Waals surface area contributed by atoms with E-state index in [4.69, 9.17) is 5.73 Å². The van der Waals surface area contributed by atoms with Crippen molar-refractivity contribution in [3.8, 4) is 0 Å². The van der Waals surface area contributed by atoms with E-state index in [9.17, 15) is 8.42 Å². The summed E-state index contributed by atoms with van der Waals surface area (Å²) in [5.41, 5.74) is 8.62. The van der Waals surface area contributed by atoms with Crippen molar-refractivity contribution in [1.82, 2.24) is 9.97 Å². The molecular formula is C23H22N4O2S2. The molecule has 1 heterocycles. The maximum absolute atomic E-state index is 12.8. The van der Waals surface area contributed by atoms with Crippen LogP contribution in [0, 0.1) is 0 Å². The number of anilines is 2. The Labute approximate surface area is 186 Å². The Kier molecular flexibility index (Phi) is 5.84. The summed E-state index contributed by atoms with van der Waals surface area (Å²) in [4.78, 5) is 11.3. The van der Waals surface area contributed by atoms with Crippen LogP contribution in [-0.2, 0) is 16.4 Å². The first-order valence-electron chi connectivity index (χ1n) is 9.60. The molecule has 0 aliphatic carbocycles. The van der Waals surface area contributed by atoms with E-state index in [2.05, 4.69) is 20.9 Å². The van der Waals surface area contributed by atoms with Crippen molar-refractivity contribution in [3.05, 3.63) is 78.4 Å². The molecule has 0 unspecified atom stereocenters. The normalized spacial score (nSPS) is 11.5. The summed E-state index contributed by atoms with van der Waals surface area (Å²) < 4.78 is 25.5. The standard InChI is InChI=1S/C23H22N4O2S2/c1-27(17-10-13-21-20(14-17)22(30-2)26-23(24)25-21)15-16-8-11-19(12-9-16)31(28,29)18-6-4-3-5-7-18/h3-14H,15H2,1-2H3,(H2,24,25,26). The van der Waals surface area contributed by atoms with Gasteiger partial charge in [-0.05, 0) is 54.3 Å². The highest BCUT2D eigenvalue weighted by Crippen LogP contribution is 2.29. The Morgan fingerprint density at radius 1 is 0.935 bits per heavy atom. The first-order chi connectivity index (χ1) is 14.9. The van der Waals surface area contributed by atoms with Gasteiger partial charge in [0.25, 0.3) is 0 Å². The molecule has 3 aromatic carbocycles. The zero-order valence-electron chi connectivity index (χ0n) is 17.2. The molecule has 0 saturated carbocycles. The monoisotopic (exact) mass is 450 g/mol. The molecule has 8 heteroatoms. The van der Waals surface area contributed by atoms with Crippen molar-refractivity contribution in [3.63, 3.8) is 0 Å². The fourth-order valence-electron chi connectivity index (χ4n) is 3.37. The van der Waals surface area contributed by atoms with Gasteiger partial charge in [0, 0.05) is 24.7 Å². The van der Waals surface area contributed by atoms with Gasteiger partial charge in [0.15, 0.2) is 0 Å². The Bertz CT molecular complexity index is 1330. The number of hydrogen-bond donors (Lipinski definition) is 1. The SMILES string of the molecule is CSc1nc(N)nc2ccc(N(C)Cc3ccc(S(=O)(=O)c4ccccc4)cc3)cc12. The van der Waals surface area contributed by atoms with Crippen LogP contribution in [0.25, 0.3) is 10.9 Å². The maximum atomic E-state index is 12.8. The van der Waals surface area contributed by atoms with Crippen LogP contribution in [0.4, 0.5) is 11.6 Å². The van der Waals surface area contributed by atoms with E-state index in [1.807, 2.05) is 37.6 Å². The van der Waals surface area contributed by atoms with Crippen molar-refractivity contribution in [1.29, 1.82) is 0 Å². The van der Waals surface area contributed by atoms with E-state index in [0.717, 1.165) is 27.2 Å². The molecule has 2 N–H and O–H groups in total. The second-order valence-electron chi connectivity index (χ2n) is 7.11. The van der Waals surface area contributed by atoms with E-state index in [0.29, 0.717) is 11.4 Å². The molecule has 0 spiro atoms. The van der Waals surface area contributed by atoms with Gasteiger partial charge in [-0.1, -0.05) is 30.3 Å². The molecule has 6 nitrogen and oxygen atoms in total. The zero-order chi connectivity index (χ0) is 22.0. The number of fused-ring (bicyclic) bond motifs is 1. The van der Waals surface area contributed by atoms with E-state index in [1.54, 1.807) is 42.5 Å². The summed E-state index contributed by atoms with van der Waals surface area (Å²) in [6.07, 6.45) is 1.96. The van der Waals surface area contributed by atoms with Gasteiger partial charge in [-0.25, -0.2) is 18.4 Å². The van der Waals surface area contributed by atoms with Gasteiger partial charge >= 0.3 is 0 Å². The van der Waals surface area contributed by atoms with E-state index in [-0.39, 0.29) is 10.8 Å². The smallest absolute Gasteiger partial charge is 0.221 e. The van der Waals surface area contributed by atoms with Crippen molar-refractivity contribution >= 4 is 44.1 Å². The predicted molar refractivity (Wildman–Crippen MR) is 126 cm³/mol. The minimum Gasteiger partial charge on any atom is -0.370 e. The van der Waals surface area contributed by atoms with Crippen molar-refractivity contribution < 1.29 is 8.42 Å². The minimum atomic E-state index is -3.51. The molecule has 158 valence electrons. The summed E-state index contributed by atoms with van der Waals surface area (Å²) in [5.74, 6) is 0.267. The van der Waals surface area contributed by atoms with Crippen molar-refractivity contribution in [2.75, 3.05) is 23.9 Å². The molecule has 0 aliphatic heterocycles. The average Bonchev–Trinajstić information content (AvgIpc) is 2.79. The molecule has 0 bridgehead atoms. The lowest BCUT2D eigenvalue weighted by Crippen LogP contribution is -2.16. The van der Waals surface area contributed by atoms with Crippen molar-refractivity contribution in [2.24, 2.45) is 0 Å². The molecule has 0 aliphatic rings. The summed E-state index contributed by atoms with van der Waals surface area (Å²) >= 11 is 1.53. The molecule has 31 heavy (non-hydrogen) atoms. The number of aromatic nitrogens is 2. The molecular weight excluding hydrogens is 428 g/mol. The Morgan fingerprint density at radius 3 is 2.29 bits per heavy atom. The van der Waals surface area contributed by atoms with Crippen LogP contribution >= 0.6 is 11.8 Å². The number of sulfone groups is 1. The Balaban J connectivity index is 1.56. The fraction of sp³-hybridized carbons (Fsp3) is 0.130. The van der Waals surface area contributed by atoms with E-state index >= 15 is 0 Å². The Morgan fingerprint density at radius 2 is 1.61 bits per heavy atom. The third kappa shape index (κ3) is 4.35. The van der Waals surface area contributed by atoms with Crippen LogP contribution in [0.15, 0.2) is 87.6 Å². The number of nitrogens with zero attached hydrogens (tertiary/aromatic N) is 3. The number of rotatable bonds is 6. The van der Waals surface area contributed by atoms with E-state index in [1.165, 1.54) is 11.8 Å². The molecule has 0 atom stereocenters. The van der Waals surface area contributed by atoms with Gasteiger partial charge < -0.3 is 10.6 Å². The topological polar surface area (TPSA) is 89.2 Å². The summed E-state index contributed by atoms with van der Waals surface area (Å²) in [7, 11) is -1.52. The largest absolute Gasteiger partial charge is 0.370 e. The van der Waals surface area contributed by atoms with Crippen LogP contribution in [0.5, 0.6) is 0 Å². The zero-order valence-corrected chi connectivity index (χ0v) is 18.8. The highest BCUT2D eigenvalue weighted by atomic mass is 32.2. The lowest BCUT2D eigenvalue weighted by molar-refractivity contribution is 0.596. The summed E-state index contributed by atoms with van der Waals surface area (Å²) in [6, 6.07) is 21.5. The van der Waals surface area contributed by atoms with Crippen molar-refractivity contribution in [2.45, 2.75) is 21.4 Å². The van der Waals surface area contributed by atoms with Gasteiger partial charge in [0.05, 0.1) is 15.3 Å². The second kappa shape index (κ2) is 8.56. The van der Waals surface area contributed by atoms with Crippen LogP contribution < -0.4 is 10.6 Å². The van der Waals surface area contributed by atoms with Gasteiger partial charge in [0.1, 0.15) is 5.03 Å². The number of thioether (sulfide) groups is 1. The molecule has 4 rings (SSSR count). The molecule has 0 saturated heterocycles. The maximum Gasteiger partial charge on any atom is 0.221 e. The third-order valence-electron chi connectivity index (χ3n) is 5.00. The lowest BCUT2D eigenvalue weighted by atomic mass is 10.2. The first-order valence-corrected chi connectivity index (χ1v) is 12.3. The molecule has 0 radical (unpaired) electrons. The van der Waals surface area contributed by atoms with Gasteiger partial charge in [-0.3, -0.25) is 0 Å². The minimum absolute atomic E-state index is 0.267. The van der Waals surface area contributed by atoms with Gasteiger partial charge in [-0.2, -0.15) is 0 Å². The molecule has 0 amide bonds. The van der Waals surface area contributed by atoms with Gasteiger partial charge in [-0.15, -0.1) is 11.8 Å². The number of nitrogens with two attached hydrogens (primary N) is 1. The highest BCUT2D eigenvalue weighted by Gasteiger charge is 2.17. The number of nitrogen functional groups attached to an aromatic ring is 1. The third-order valence-corrected chi connectivity index (χ3v) is 7.49. The molecule has 1 aromatic heterocycles. The molecule has 0 fully saturated rings. The van der Waals surface area contributed by atoms with Crippen LogP contribution in [-0.4, -0.2) is 31.7 Å². The number of benzene rings is 3. The second-order valence-corrected chi connectivity index (χ2v) is 9.85. The first kappa shape index (κ1) is 21.1. The predicted octanol–water partition coefficient (Wildman–Crippen LogP) is 4.40. The Hall–Kier alpha value is -3.10. The van der Waals surface area contributed by atoms with Gasteiger partial charge in [0.2, 0.25) is 15.8 Å². The summed E-state index contributed by atoms with van der Waals surface area (Å²) in [5, 5.41) is 1.79.